The Morgan fingerprint density at radius 2 is 1.88 bits per heavy atom. The van der Waals surface area contributed by atoms with Crippen LogP contribution < -0.4 is 11.3 Å². The zero-order chi connectivity index (χ0) is 12.8. The van der Waals surface area contributed by atoms with Gasteiger partial charge < -0.3 is 4.74 Å². The lowest BCUT2D eigenvalue weighted by Gasteiger charge is -2.28. The molecular weight excluding hydrogens is 219 g/mol. The Balaban J connectivity index is 2.71. The van der Waals surface area contributed by atoms with Gasteiger partial charge >= 0.3 is 0 Å². The van der Waals surface area contributed by atoms with Crippen LogP contribution in [0.3, 0.4) is 0 Å². The van der Waals surface area contributed by atoms with Crippen molar-refractivity contribution in [2.45, 2.75) is 32.4 Å². The Labute approximate surface area is 102 Å². The second-order valence-electron chi connectivity index (χ2n) is 4.55. The molecule has 0 aliphatic heterocycles. The topological polar surface area (TPSA) is 47.3 Å². The lowest BCUT2D eigenvalue weighted by Crippen LogP contribution is -2.48. The highest BCUT2D eigenvalue weighted by Crippen LogP contribution is 2.14. The summed E-state index contributed by atoms with van der Waals surface area (Å²) >= 11 is 0. The van der Waals surface area contributed by atoms with Crippen LogP contribution in [0.4, 0.5) is 4.39 Å². The van der Waals surface area contributed by atoms with E-state index in [-0.39, 0.29) is 18.0 Å². The minimum Gasteiger partial charge on any atom is -0.380 e. The molecule has 0 aliphatic carbocycles. The number of hydrogen-bond acceptors (Lipinski definition) is 3. The van der Waals surface area contributed by atoms with E-state index in [0.717, 1.165) is 5.56 Å². The third kappa shape index (κ3) is 4.07. The summed E-state index contributed by atoms with van der Waals surface area (Å²) in [4.78, 5) is 0. The van der Waals surface area contributed by atoms with Crippen LogP contribution in [-0.4, -0.2) is 19.3 Å². The summed E-state index contributed by atoms with van der Waals surface area (Å²) in [5, 5.41) is 0. The average Bonchev–Trinajstić information content (AvgIpc) is 2.31. The van der Waals surface area contributed by atoms with Crippen LogP contribution in [0.1, 0.15) is 19.4 Å². The van der Waals surface area contributed by atoms with Crippen molar-refractivity contribution in [3.05, 3.63) is 35.6 Å². The first-order valence-electron chi connectivity index (χ1n) is 5.81. The van der Waals surface area contributed by atoms with Gasteiger partial charge in [-0.1, -0.05) is 26.0 Å². The van der Waals surface area contributed by atoms with Crippen molar-refractivity contribution in [3.63, 3.8) is 0 Å². The smallest absolute Gasteiger partial charge is 0.123 e. The van der Waals surface area contributed by atoms with Gasteiger partial charge in [-0.15, -0.1) is 0 Å². The molecule has 0 saturated carbocycles. The molecule has 1 rings (SSSR count). The summed E-state index contributed by atoms with van der Waals surface area (Å²) in [6, 6.07) is 6.48. The number of methoxy groups -OCH3 is 1. The van der Waals surface area contributed by atoms with Crippen molar-refractivity contribution in [1.29, 1.82) is 0 Å². The lowest BCUT2D eigenvalue weighted by atomic mass is 9.94. The van der Waals surface area contributed by atoms with Crippen molar-refractivity contribution in [2.75, 3.05) is 7.11 Å². The van der Waals surface area contributed by atoms with Gasteiger partial charge in [-0.25, -0.2) is 4.39 Å². The fourth-order valence-corrected chi connectivity index (χ4v) is 2.05. The minimum absolute atomic E-state index is 0.0189. The van der Waals surface area contributed by atoms with Crippen LogP contribution in [0.25, 0.3) is 0 Å². The van der Waals surface area contributed by atoms with Gasteiger partial charge in [0.2, 0.25) is 0 Å². The van der Waals surface area contributed by atoms with Crippen molar-refractivity contribution in [3.8, 4) is 0 Å². The molecule has 0 heterocycles. The molecule has 3 N–H and O–H groups in total. The summed E-state index contributed by atoms with van der Waals surface area (Å²) in [5.41, 5.74) is 3.82. The molecule has 4 heteroatoms. The molecule has 0 amide bonds. The van der Waals surface area contributed by atoms with Crippen LogP contribution in [-0.2, 0) is 11.2 Å². The summed E-state index contributed by atoms with van der Waals surface area (Å²) < 4.78 is 18.2. The van der Waals surface area contributed by atoms with E-state index in [0.29, 0.717) is 12.3 Å². The largest absolute Gasteiger partial charge is 0.380 e. The van der Waals surface area contributed by atoms with Crippen LogP contribution in [0, 0.1) is 11.7 Å². The number of hydrogen-bond donors (Lipinski definition) is 2. The molecule has 2 atom stereocenters. The van der Waals surface area contributed by atoms with E-state index in [1.54, 1.807) is 19.2 Å². The third-order valence-electron chi connectivity index (χ3n) is 2.91. The van der Waals surface area contributed by atoms with Crippen LogP contribution in [0.15, 0.2) is 24.3 Å². The first-order chi connectivity index (χ1) is 8.08. The Morgan fingerprint density at radius 3 is 2.29 bits per heavy atom. The van der Waals surface area contributed by atoms with E-state index in [2.05, 4.69) is 19.3 Å². The quantitative estimate of drug-likeness (QED) is 0.589. The van der Waals surface area contributed by atoms with E-state index in [9.17, 15) is 4.39 Å². The third-order valence-corrected chi connectivity index (χ3v) is 2.91. The van der Waals surface area contributed by atoms with Gasteiger partial charge in [0.15, 0.2) is 0 Å². The molecule has 0 bridgehead atoms. The molecule has 17 heavy (non-hydrogen) atoms. The SMILES string of the molecule is COC(C(C)C)C(Cc1ccc(F)cc1)NN. The van der Waals surface area contributed by atoms with Gasteiger partial charge in [0.05, 0.1) is 12.1 Å². The molecule has 0 radical (unpaired) electrons. The summed E-state index contributed by atoms with van der Waals surface area (Å²) in [6.07, 6.45) is 0.748. The molecule has 0 aromatic heterocycles. The standard InChI is InChI=1S/C13H21FN2O/c1-9(2)13(17-3)12(16-15)8-10-4-6-11(14)7-5-10/h4-7,9,12-13,16H,8,15H2,1-3H3. The van der Waals surface area contributed by atoms with Crippen molar-refractivity contribution < 1.29 is 9.13 Å². The van der Waals surface area contributed by atoms with E-state index in [1.807, 2.05) is 0 Å². The number of ether oxygens (including phenoxy) is 1. The normalized spacial score (nSPS) is 14.9. The van der Waals surface area contributed by atoms with Gasteiger partial charge in [0.25, 0.3) is 0 Å². The predicted octanol–water partition coefficient (Wildman–Crippen LogP) is 1.87. The fourth-order valence-electron chi connectivity index (χ4n) is 2.05. The maximum atomic E-state index is 12.8. The molecule has 3 nitrogen and oxygen atoms in total. The van der Waals surface area contributed by atoms with Crippen molar-refractivity contribution in [2.24, 2.45) is 11.8 Å². The van der Waals surface area contributed by atoms with Crippen LogP contribution in [0.5, 0.6) is 0 Å². The molecular formula is C13H21FN2O. The molecule has 1 aromatic carbocycles. The Hall–Kier alpha value is -0.970. The number of hydrazine groups is 1. The number of halogens is 1. The monoisotopic (exact) mass is 240 g/mol. The number of nitrogens with two attached hydrogens (primary N) is 1. The number of rotatable bonds is 6. The van der Waals surface area contributed by atoms with Crippen molar-refractivity contribution >= 4 is 0 Å². The maximum Gasteiger partial charge on any atom is 0.123 e. The van der Waals surface area contributed by atoms with E-state index in [1.165, 1.54) is 12.1 Å². The van der Waals surface area contributed by atoms with Crippen LogP contribution >= 0.6 is 0 Å². The molecule has 1 aromatic rings. The molecule has 0 fully saturated rings. The van der Waals surface area contributed by atoms with Crippen molar-refractivity contribution in [1.82, 2.24) is 5.43 Å². The van der Waals surface area contributed by atoms with Gasteiger partial charge in [0.1, 0.15) is 5.82 Å². The number of nitrogens with one attached hydrogen (secondary N) is 1. The van der Waals surface area contributed by atoms with E-state index < -0.39 is 0 Å². The zero-order valence-corrected chi connectivity index (χ0v) is 10.6. The van der Waals surface area contributed by atoms with Crippen LogP contribution in [0.2, 0.25) is 0 Å². The molecule has 2 unspecified atom stereocenters. The molecule has 0 saturated heterocycles. The second-order valence-corrected chi connectivity index (χ2v) is 4.55. The Bertz CT molecular complexity index is 327. The summed E-state index contributed by atoms with van der Waals surface area (Å²) in [6.45, 7) is 4.17. The first-order valence-corrected chi connectivity index (χ1v) is 5.81. The zero-order valence-electron chi connectivity index (χ0n) is 10.6. The highest BCUT2D eigenvalue weighted by Gasteiger charge is 2.23. The van der Waals surface area contributed by atoms with E-state index in [4.69, 9.17) is 10.6 Å². The Morgan fingerprint density at radius 1 is 1.29 bits per heavy atom. The molecule has 0 aliphatic rings. The van der Waals surface area contributed by atoms with Gasteiger partial charge in [-0.3, -0.25) is 11.3 Å². The molecule has 96 valence electrons. The highest BCUT2D eigenvalue weighted by atomic mass is 19.1. The summed E-state index contributed by atoms with van der Waals surface area (Å²) in [7, 11) is 1.68. The fraction of sp³-hybridized carbons (Fsp3) is 0.538. The predicted molar refractivity (Wildman–Crippen MR) is 66.9 cm³/mol. The van der Waals surface area contributed by atoms with Gasteiger partial charge in [0, 0.05) is 7.11 Å². The highest BCUT2D eigenvalue weighted by molar-refractivity contribution is 5.17. The first kappa shape index (κ1) is 14.1. The maximum absolute atomic E-state index is 12.8. The second kappa shape index (κ2) is 6.69. The van der Waals surface area contributed by atoms with E-state index >= 15 is 0 Å². The summed E-state index contributed by atoms with van der Waals surface area (Å²) in [5.74, 6) is 5.70. The Kier molecular flexibility index (Phi) is 5.55. The minimum atomic E-state index is -0.224. The molecule has 0 spiro atoms. The van der Waals surface area contributed by atoms with Gasteiger partial charge in [-0.2, -0.15) is 0 Å². The average molecular weight is 240 g/mol. The number of benzene rings is 1. The lowest BCUT2D eigenvalue weighted by molar-refractivity contribution is 0.0332. The van der Waals surface area contributed by atoms with Gasteiger partial charge in [-0.05, 0) is 30.0 Å².